The van der Waals surface area contributed by atoms with Crippen LogP contribution < -0.4 is 10.1 Å². The highest BCUT2D eigenvalue weighted by Gasteiger charge is 2.35. The van der Waals surface area contributed by atoms with Crippen molar-refractivity contribution in [3.8, 4) is 11.5 Å². The van der Waals surface area contributed by atoms with Crippen LogP contribution in [-0.4, -0.2) is 42.5 Å². The maximum absolute atomic E-state index is 12.5. The van der Waals surface area contributed by atoms with Crippen molar-refractivity contribution in [2.24, 2.45) is 5.92 Å². The summed E-state index contributed by atoms with van der Waals surface area (Å²) in [7, 11) is 0. The number of benzene rings is 1. The quantitative estimate of drug-likeness (QED) is 0.832. The first kappa shape index (κ1) is 20.1. The second-order valence-electron chi connectivity index (χ2n) is 6.54. The molecule has 0 unspecified atom stereocenters. The molecule has 3 rings (SSSR count). The zero-order valence-corrected chi connectivity index (χ0v) is 14.7. The largest absolute Gasteiger partial charge is 0.573 e. The number of piperazine rings is 1. The standard InChI is InChI=1S/C17H23F3N2O2.ClH/c18-17(19,20)24-13-5-6-15(23)14(11-13)16(12-3-1-2-4-12)22-9-7-21-8-10-22;/h5-6,11-12,16,21,23H,1-4,7-10H2;1H/t16-;/m0./s1. The van der Waals surface area contributed by atoms with E-state index in [0.717, 1.165) is 57.9 Å². The van der Waals surface area contributed by atoms with Gasteiger partial charge in [0, 0.05) is 37.8 Å². The van der Waals surface area contributed by atoms with Gasteiger partial charge >= 0.3 is 6.36 Å². The molecule has 0 spiro atoms. The van der Waals surface area contributed by atoms with Crippen LogP contribution in [0.25, 0.3) is 0 Å². The van der Waals surface area contributed by atoms with Crippen LogP contribution in [0.4, 0.5) is 13.2 Å². The van der Waals surface area contributed by atoms with E-state index in [1.54, 1.807) is 0 Å². The summed E-state index contributed by atoms with van der Waals surface area (Å²) in [6.07, 6.45) is -0.386. The molecule has 8 heteroatoms. The molecular formula is C17H24ClF3N2O2. The number of rotatable bonds is 4. The van der Waals surface area contributed by atoms with Gasteiger partial charge in [-0.15, -0.1) is 25.6 Å². The number of hydrogen-bond acceptors (Lipinski definition) is 4. The lowest BCUT2D eigenvalue weighted by molar-refractivity contribution is -0.274. The summed E-state index contributed by atoms with van der Waals surface area (Å²) in [4.78, 5) is 2.28. The van der Waals surface area contributed by atoms with Gasteiger partial charge in [0.25, 0.3) is 0 Å². The van der Waals surface area contributed by atoms with Gasteiger partial charge in [0.1, 0.15) is 11.5 Å². The molecule has 1 saturated heterocycles. The van der Waals surface area contributed by atoms with Crippen LogP contribution in [0.15, 0.2) is 18.2 Å². The third kappa shape index (κ3) is 5.15. The average molecular weight is 381 g/mol. The van der Waals surface area contributed by atoms with Crippen LogP contribution in [0, 0.1) is 5.92 Å². The van der Waals surface area contributed by atoms with Crippen molar-refractivity contribution >= 4 is 12.4 Å². The third-order valence-electron chi connectivity index (χ3n) is 4.94. The minimum atomic E-state index is -4.73. The van der Waals surface area contributed by atoms with E-state index in [0.29, 0.717) is 11.5 Å². The first-order chi connectivity index (χ1) is 11.4. The monoisotopic (exact) mass is 380 g/mol. The Morgan fingerprint density at radius 1 is 1.16 bits per heavy atom. The van der Waals surface area contributed by atoms with Gasteiger partial charge in [-0.25, -0.2) is 0 Å². The van der Waals surface area contributed by atoms with Crippen molar-refractivity contribution in [2.75, 3.05) is 26.2 Å². The summed E-state index contributed by atoms with van der Waals surface area (Å²) < 4.78 is 41.6. The molecule has 1 heterocycles. The van der Waals surface area contributed by atoms with Crippen molar-refractivity contribution in [1.82, 2.24) is 10.2 Å². The maximum atomic E-state index is 12.5. The fourth-order valence-corrected chi connectivity index (χ4v) is 3.95. The van der Waals surface area contributed by atoms with Crippen molar-refractivity contribution in [3.05, 3.63) is 23.8 Å². The van der Waals surface area contributed by atoms with Crippen molar-refractivity contribution in [1.29, 1.82) is 0 Å². The molecule has 1 aliphatic heterocycles. The Bertz CT molecular complexity index is 559. The van der Waals surface area contributed by atoms with E-state index >= 15 is 0 Å². The number of nitrogens with zero attached hydrogens (tertiary/aromatic N) is 1. The Kier molecular flexibility index (Phi) is 6.82. The van der Waals surface area contributed by atoms with E-state index in [1.807, 2.05) is 0 Å². The summed E-state index contributed by atoms with van der Waals surface area (Å²) in [6.45, 7) is 3.35. The van der Waals surface area contributed by atoms with Crippen LogP contribution in [0.2, 0.25) is 0 Å². The van der Waals surface area contributed by atoms with E-state index in [9.17, 15) is 18.3 Å². The average Bonchev–Trinajstić information content (AvgIpc) is 3.04. The molecule has 0 amide bonds. The third-order valence-corrected chi connectivity index (χ3v) is 4.94. The predicted molar refractivity (Wildman–Crippen MR) is 91.2 cm³/mol. The number of alkyl halides is 3. The Balaban J connectivity index is 0.00000225. The number of aromatic hydroxyl groups is 1. The second-order valence-corrected chi connectivity index (χ2v) is 6.54. The summed E-state index contributed by atoms with van der Waals surface area (Å²) >= 11 is 0. The fraction of sp³-hybridized carbons (Fsp3) is 0.647. The zero-order valence-electron chi connectivity index (χ0n) is 13.9. The van der Waals surface area contributed by atoms with Crippen LogP contribution in [-0.2, 0) is 0 Å². The highest BCUT2D eigenvalue weighted by atomic mass is 35.5. The Labute approximate surface area is 151 Å². The fourth-order valence-electron chi connectivity index (χ4n) is 3.95. The van der Waals surface area contributed by atoms with Gasteiger partial charge in [-0.3, -0.25) is 4.90 Å². The van der Waals surface area contributed by atoms with Crippen molar-refractivity contribution in [2.45, 2.75) is 38.1 Å². The lowest BCUT2D eigenvalue weighted by Gasteiger charge is -2.39. The Morgan fingerprint density at radius 2 is 1.80 bits per heavy atom. The van der Waals surface area contributed by atoms with E-state index in [2.05, 4.69) is 15.0 Å². The molecular weight excluding hydrogens is 357 g/mol. The van der Waals surface area contributed by atoms with E-state index in [4.69, 9.17) is 0 Å². The van der Waals surface area contributed by atoms with Gasteiger partial charge in [0.15, 0.2) is 0 Å². The number of halogens is 4. The second kappa shape index (κ2) is 8.47. The number of phenols is 1. The van der Waals surface area contributed by atoms with Crippen molar-refractivity contribution in [3.63, 3.8) is 0 Å². The van der Waals surface area contributed by atoms with Gasteiger partial charge in [0.2, 0.25) is 0 Å². The molecule has 4 nitrogen and oxygen atoms in total. The predicted octanol–water partition coefficient (Wildman–Crippen LogP) is 3.85. The Morgan fingerprint density at radius 3 is 2.40 bits per heavy atom. The van der Waals surface area contributed by atoms with E-state index in [1.165, 1.54) is 12.1 Å². The van der Waals surface area contributed by atoms with Gasteiger partial charge in [-0.1, -0.05) is 12.8 Å². The van der Waals surface area contributed by atoms with Crippen LogP contribution in [0.5, 0.6) is 11.5 Å². The van der Waals surface area contributed by atoms with Crippen LogP contribution in [0.3, 0.4) is 0 Å². The molecule has 0 bridgehead atoms. The van der Waals surface area contributed by atoms with E-state index in [-0.39, 0.29) is 29.9 Å². The smallest absolute Gasteiger partial charge is 0.508 e. The molecule has 1 aromatic rings. The minimum absolute atomic E-state index is 0. The molecule has 1 saturated carbocycles. The summed E-state index contributed by atoms with van der Waals surface area (Å²) in [5, 5.41) is 13.6. The normalized spacial score (nSPS) is 20.9. The minimum Gasteiger partial charge on any atom is -0.508 e. The molecule has 0 radical (unpaired) electrons. The molecule has 1 atom stereocenters. The first-order valence-electron chi connectivity index (χ1n) is 8.47. The van der Waals surface area contributed by atoms with Gasteiger partial charge < -0.3 is 15.2 Å². The lowest BCUT2D eigenvalue weighted by Crippen LogP contribution is -2.46. The SMILES string of the molecule is Cl.Oc1ccc(OC(F)(F)F)cc1[C@H](C1CCCC1)N1CCNCC1. The van der Waals surface area contributed by atoms with Gasteiger partial charge in [-0.2, -0.15) is 0 Å². The molecule has 2 aliphatic rings. The van der Waals surface area contributed by atoms with Gasteiger partial charge in [0.05, 0.1) is 0 Å². The summed E-state index contributed by atoms with van der Waals surface area (Å²) in [5.41, 5.74) is 0.547. The highest BCUT2D eigenvalue weighted by Crippen LogP contribution is 2.43. The van der Waals surface area contributed by atoms with E-state index < -0.39 is 6.36 Å². The van der Waals surface area contributed by atoms with Crippen molar-refractivity contribution < 1.29 is 23.0 Å². The van der Waals surface area contributed by atoms with Crippen LogP contribution >= 0.6 is 12.4 Å². The van der Waals surface area contributed by atoms with Crippen LogP contribution in [0.1, 0.15) is 37.3 Å². The molecule has 142 valence electrons. The summed E-state index contributed by atoms with van der Waals surface area (Å²) in [5.74, 6) is 0.128. The number of phenolic OH excluding ortho intramolecular Hbond substituents is 1. The molecule has 25 heavy (non-hydrogen) atoms. The molecule has 0 aromatic heterocycles. The molecule has 2 fully saturated rings. The molecule has 2 N–H and O–H groups in total. The Hall–Kier alpha value is -1.18. The topological polar surface area (TPSA) is 44.7 Å². The zero-order chi connectivity index (χ0) is 17.2. The number of nitrogens with one attached hydrogen (secondary N) is 1. The maximum Gasteiger partial charge on any atom is 0.573 e. The first-order valence-corrected chi connectivity index (χ1v) is 8.47. The summed E-state index contributed by atoms with van der Waals surface area (Å²) in [6, 6.07) is 3.76. The lowest BCUT2D eigenvalue weighted by atomic mass is 9.89. The molecule has 1 aromatic carbocycles. The number of hydrogen-bond donors (Lipinski definition) is 2. The molecule has 1 aliphatic carbocycles. The highest BCUT2D eigenvalue weighted by molar-refractivity contribution is 5.85. The number of ether oxygens (including phenoxy) is 1. The van der Waals surface area contributed by atoms with Gasteiger partial charge in [-0.05, 0) is 37.0 Å².